The molecule has 1 heterocycles. The smallest absolute Gasteiger partial charge is 0.161 e. The lowest BCUT2D eigenvalue weighted by molar-refractivity contribution is 0.384. The van der Waals surface area contributed by atoms with Gasteiger partial charge in [-0.15, -0.1) is 0 Å². The fraction of sp³-hybridized carbons (Fsp3) is 0.727. The summed E-state index contributed by atoms with van der Waals surface area (Å²) in [6, 6.07) is 0.109. The summed E-state index contributed by atoms with van der Waals surface area (Å²) in [5.74, 6) is 6.41. The average molecular weight is 226 g/mol. The summed E-state index contributed by atoms with van der Waals surface area (Å²) in [6.07, 6.45) is 5.03. The van der Waals surface area contributed by atoms with E-state index in [0.717, 1.165) is 37.3 Å². The summed E-state index contributed by atoms with van der Waals surface area (Å²) >= 11 is 0. The molecular formula is C11H22N4O. The van der Waals surface area contributed by atoms with E-state index in [-0.39, 0.29) is 6.04 Å². The Bertz CT molecular complexity index is 289. The molecule has 1 atom stereocenters. The number of rotatable bonds is 7. The third-order valence-electron chi connectivity index (χ3n) is 2.74. The highest BCUT2D eigenvalue weighted by atomic mass is 16.5. The molecule has 0 radical (unpaired) electrons. The summed E-state index contributed by atoms with van der Waals surface area (Å²) in [6.45, 7) is 5.05. The summed E-state index contributed by atoms with van der Waals surface area (Å²) in [5.41, 5.74) is 3.89. The molecule has 0 fully saturated rings. The van der Waals surface area contributed by atoms with E-state index >= 15 is 0 Å². The fourth-order valence-corrected chi connectivity index (χ4v) is 1.85. The van der Waals surface area contributed by atoms with Gasteiger partial charge in [0, 0.05) is 6.54 Å². The number of ether oxygens (including phenoxy) is 1. The van der Waals surface area contributed by atoms with Crippen LogP contribution in [0.15, 0.2) is 6.20 Å². The summed E-state index contributed by atoms with van der Waals surface area (Å²) < 4.78 is 7.24. The molecule has 0 aliphatic carbocycles. The van der Waals surface area contributed by atoms with E-state index in [0.29, 0.717) is 0 Å². The molecule has 1 aromatic rings. The SMILES string of the molecule is CCCCC(NN)c1c(OC)cnn1CC. The molecule has 0 bridgehead atoms. The first-order chi connectivity index (χ1) is 7.78. The van der Waals surface area contributed by atoms with Gasteiger partial charge in [0.15, 0.2) is 5.75 Å². The average Bonchev–Trinajstić information content (AvgIpc) is 2.73. The van der Waals surface area contributed by atoms with Crippen LogP contribution in [0.1, 0.15) is 44.8 Å². The maximum Gasteiger partial charge on any atom is 0.161 e. The van der Waals surface area contributed by atoms with Gasteiger partial charge in [-0.25, -0.2) is 0 Å². The van der Waals surface area contributed by atoms with Crippen LogP contribution in [0.5, 0.6) is 5.75 Å². The van der Waals surface area contributed by atoms with E-state index in [9.17, 15) is 0 Å². The van der Waals surface area contributed by atoms with Crippen molar-refractivity contribution in [3.8, 4) is 5.75 Å². The monoisotopic (exact) mass is 226 g/mol. The lowest BCUT2D eigenvalue weighted by Crippen LogP contribution is -2.30. The van der Waals surface area contributed by atoms with Gasteiger partial charge in [-0.2, -0.15) is 5.10 Å². The molecule has 1 aromatic heterocycles. The van der Waals surface area contributed by atoms with Crippen molar-refractivity contribution in [1.29, 1.82) is 0 Å². The number of nitrogens with zero attached hydrogens (tertiary/aromatic N) is 2. The summed E-state index contributed by atoms with van der Waals surface area (Å²) in [4.78, 5) is 0. The molecular weight excluding hydrogens is 204 g/mol. The zero-order valence-corrected chi connectivity index (χ0v) is 10.4. The standard InChI is InChI=1S/C11H22N4O/c1-4-6-7-9(14-12)11-10(16-3)8-13-15(11)5-2/h8-9,14H,4-7,12H2,1-3H3. The highest BCUT2D eigenvalue weighted by molar-refractivity contribution is 5.28. The molecule has 0 aromatic carbocycles. The van der Waals surface area contributed by atoms with Crippen LogP contribution in [-0.4, -0.2) is 16.9 Å². The number of hydrogen-bond acceptors (Lipinski definition) is 4. The van der Waals surface area contributed by atoms with Gasteiger partial charge in [0.25, 0.3) is 0 Å². The second kappa shape index (κ2) is 6.50. The number of hydrogen-bond donors (Lipinski definition) is 2. The first kappa shape index (κ1) is 13.0. The quantitative estimate of drug-likeness (QED) is 0.547. The molecule has 92 valence electrons. The molecule has 5 nitrogen and oxygen atoms in total. The molecule has 0 aliphatic heterocycles. The first-order valence-electron chi connectivity index (χ1n) is 5.84. The Morgan fingerprint density at radius 3 is 2.81 bits per heavy atom. The summed E-state index contributed by atoms with van der Waals surface area (Å²) in [7, 11) is 1.66. The molecule has 0 aliphatic rings. The van der Waals surface area contributed by atoms with Crippen LogP contribution >= 0.6 is 0 Å². The van der Waals surface area contributed by atoms with Crippen molar-refractivity contribution in [3.05, 3.63) is 11.9 Å². The lowest BCUT2D eigenvalue weighted by Gasteiger charge is -2.18. The molecule has 1 rings (SSSR count). The van der Waals surface area contributed by atoms with Crippen molar-refractivity contribution in [1.82, 2.24) is 15.2 Å². The van der Waals surface area contributed by atoms with Gasteiger partial charge < -0.3 is 4.74 Å². The van der Waals surface area contributed by atoms with E-state index in [1.165, 1.54) is 0 Å². The van der Waals surface area contributed by atoms with Crippen molar-refractivity contribution in [3.63, 3.8) is 0 Å². The van der Waals surface area contributed by atoms with Crippen molar-refractivity contribution in [2.45, 2.75) is 45.7 Å². The maximum atomic E-state index is 5.61. The van der Waals surface area contributed by atoms with Gasteiger partial charge in [0.05, 0.1) is 25.0 Å². The van der Waals surface area contributed by atoms with Gasteiger partial charge in [-0.05, 0) is 13.3 Å². The maximum absolute atomic E-state index is 5.61. The molecule has 0 amide bonds. The normalized spacial score (nSPS) is 12.8. The second-order valence-electron chi connectivity index (χ2n) is 3.78. The Morgan fingerprint density at radius 1 is 1.56 bits per heavy atom. The van der Waals surface area contributed by atoms with E-state index < -0.39 is 0 Å². The predicted octanol–water partition coefficient (Wildman–Crippen LogP) is 1.61. The minimum absolute atomic E-state index is 0.109. The number of nitrogens with two attached hydrogens (primary N) is 1. The largest absolute Gasteiger partial charge is 0.493 e. The Morgan fingerprint density at radius 2 is 2.31 bits per heavy atom. The Hall–Kier alpha value is -1.07. The molecule has 5 heteroatoms. The van der Waals surface area contributed by atoms with Gasteiger partial charge in [-0.3, -0.25) is 16.0 Å². The second-order valence-corrected chi connectivity index (χ2v) is 3.78. The molecule has 1 unspecified atom stereocenters. The van der Waals surface area contributed by atoms with Crippen LogP contribution in [0.2, 0.25) is 0 Å². The number of methoxy groups -OCH3 is 1. The zero-order valence-electron chi connectivity index (χ0n) is 10.4. The third-order valence-corrected chi connectivity index (χ3v) is 2.74. The third kappa shape index (κ3) is 2.74. The highest BCUT2D eigenvalue weighted by Crippen LogP contribution is 2.27. The molecule has 0 spiro atoms. The molecule has 0 saturated heterocycles. The van der Waals surface area contributed by atoms with Gasteiger partial charge in [0.1, 0.15) is 0 Å². The Labute approximate surface area is 96.9 Å². The topological polar surface area (TPSA) is 65.1 Å². The number of aryl methyl sites for hydroxylation is 1. The van der Waals surface area contributed by atoms with Crippen LogP contribution < -0.4 is 16.0 Å². The van der Waals surface area contributed by atoms with E-state index in [4.69, 9.17) is 10.6 Å². The number of unbranched alkanes of at least 4 members (excludes halogenated alkanes) is 1. The molecule has 16 heavy (non-hydrogen) atoms. The van der Waals surface area contributed by atoms with Crippen molar-refractivity contribution >= 4 is 0 Å². The van der Waals surface area contributed by atoms with Crippen molar-refractivity contribution in [2.75, 3.05) is 7.11 Å². The Kier molecular flexibility index (Phi) is 5.28. The number of hydrazine groups is 1. The number of aromatic nitrogens is 2. The highest BCUT2D eigenvalue weighted by Gasteiger charge is 2.19. The van der Waals surface area contributed by atoms with E-state index in [1.54, 1.807) is 13.3 Å². The van der Waals surface area contributed by atoms with Crippen LogP contribution in [0.4, 0.5) is 0 Å². The van der Waals surface area contributed by atoms with Gasteiger partial charge in [-0.1, -0.05) is 19.8 Å². The predicted molar refractivity (Wildman–Crippen MR) is 64.0 cm³/mol. The number of nitrogens with one attached hydrogen (secondary N) is 1. The zero-order chi connectivity index (χ0) is 12.0. The Balaban J connectivity index is 2.91. The summed E-state index contributed by atoms with van der Waals surface area (Å²) in [5, 5.41) is 4.28. The fourth-order valence-electron chi connectivity index (χ4n) is 1.85. The minimum atomic E-state index is 0.109. The van der Waals surface area contributed by atoms with Crippen LogP contribution in [0.3, 0.4) is 0 Å². The van der Waals surface area contributed by atoms with Gasteiger partial charge >= 0.3 is 0 Å². The van der Waals surface area contributed by atoms with Crippen LogP contribution in [0.25, 0.3) is 0 Å². The first-order valence-corrected chi connectivity index (χ1v) is 5.84. The van der Waals surface area contributed by atoms with Crippen molar-refractivity contribution in [2.24, 2.45) is 5.84 Å². The van der Waals surface area contributed by atoms with E-state index in [1.807, 2.05) is 4.68 Å². The van der Waals surface area contributed by atoms with Crippen LogP contribution in [-0.2, 0) is 6.54 Å². The van der Waals surface area contributed by atoms with Gasteiger partial charge in [0.2, 0.25) is 0 Å². The van der Waals surface area contributed by atoms with Crippen molar-refractivity contribution < 1.29 is 4.74 Å². The van der Waals surface area contributed by atoms with E-state index in [2.05, 4.69) is 24.4 Å². The minimum Gasteiger partial charge on any atom is -0.493 e. The molecule has 3 N–H and O–H groups in total. The lowest BCUT2D eigenvalue weighted by atomic mass is 10.1. The van der Waals surface area contributed by atoms with Crippen LogP contribution in [0, 0.1) is 0 Å². The molecule has 0 saturated carbocycles.